The Balaban J connectivity index is 1.55. The van der Waals surface area contributed by atoms with Crippen LogP contribution >= 0.6 is 0 Å². The summed E-state index contributed by atoms with van der Waals surface area (Å²) >= 11 is 0. The van der Waals surface area contributed by atoms with Crippen LogP contribution in [0.15, 0.2) is 85.5 Å². The molecule has 34 heavy (non-hydrogen) atoms. The SMILES string of the molecule is COCc1cc(-c2ccc(-c3cn[nH]c3)cc2)c(COC)cc1-c1ccc(-c2cn[nH]c2)cc1. The van der Waals surface area contributed by atoms with Crippen LogP contribution in [-0.4, -0.2) is 34.6 Å². The van der Waals surface area contributed by atoms with Crippen LogP contribution in [-0.2, 0) is 22.7 Å². The van der Waals surface area contributed by atoms with Gasteiger partial charge in [-0.1, -0.05) is 48.5 Å². The maximum Gasteiger partial charge on any atom is 0.0719 e. The molecule has 6 nitrogen and oxygen atoms in total. The number of aromatic nitrogens is 4. The van der Waals surface area contributed by atoms with E-state index >= 15 is 0 Å². The molecule has 0 aliphatic heterocycles. The molecule has 0 unspecified atom stereocenters. The van der Waals surface area contributed by atoms with E-state index in [9.17, 15) is 0 Å². The number of methoxy groups -OCH3 is 2. The molecule has 0 saturated carbocycles. The molecule has 0 bridgehead atoms. The third-order valence-corrected chi connectivity index (χ3v) is 5.98. The second kappa shape index (κ2) is 9.87. The zero-order valence-corrected chi connectivity index (χ0v) is 19.2. The van der Waals surface area contributed by atoms with Gasteiger partial charge in [0.2, 0.25) is 0 Å². The van der Waals surface area contributed by atoms with Crippen molar-refractivity contribution >= 4 is 0 Å². The molecule has 6 heteroatoms. The maximum absolute atomic E-state index is 5.58. The summed E-state index contributed by atoms with van der Waals surface area (Å²) in [6.45, 7) is 1.04. The van der Waals surface area contributed by atoms with E-state index in [1.807, 2.05) is 24.8 Å². The Morgan fingerprint density at radius 1 is 0.559 bits per heavy atom. The van der Waals surface area contributed by atoms with Crippen LogP contribution in [0.25, 0.3) is 44.5 Å². The molecule has 2 heterocycles. The number of H-pyrrole nitrogens is 2. The first-order valence-corrected chi connectivity index (χ1v) is 11.1. The summed E-state index contributed by atoms with van der Waals surface area (Å²) in [4.78, 5) is 0. The summed E-state index contributed by atoms with van der Waals surface area (Å²) in [5, 5.41) is 13.8. The zero-order chi connectivity index (χ0) is 23.3. The lowest BCUT2D eigenvalue weighted by molar-refractivity contribution is 0.183. The summed E-state index contributed by atoms with van der Waals surface area (Å²) in [5.41, 5.74) is 11.2. The van der Waals surface area contributed by atoms with E-state index in [-0.39, 0.29) is 0 Å². The van der Waals surface area contributed by atoms with Crippen LogP contribution in [0.3, 0.4) is 0 Å². The van der Waals surface area contributed by atoms with Crippen LogP contribution in [0, 0.1) is 0 Å². The van der Waals surface area contributed by atoms with Crippen molar-refractivity contribution < 1.29 is 9.47 Å². The monoisotopic (exact) mass is 450 g/mol. The lowest BCUT2D eigenvalue weighted by Gasteiger charge is -2.17. The molecule has 5 aromatic rings. The first kappa shape index (κ1) is 21.8. The van der Waals surface area contributed by atoms with Gasteiger partial charge in [-0.25, -0.2) is 0 Å². The van der Waals surface area contributed by atoms with Crippen molar-refractivity contribution in [3.63, 3.8) is 0 Å². The largest absolute Gasteiger partial charge is 0.380 e. The molecule has 0 aliphatic carbocycles. The molecule has 3 aromatic carbocycles. The van der Waals surface area contributed by atoms with Gasteiger partial charge in [-0.2, -0.15) is 10.2 Å². The second-order valence-electron chi connectivity index (χ2n) is 8.16. The van der Waals surface area contributed by atoms with Crippen molar-refractivity contribution in [3.8, 4) is 44.5 Å². The number of aromatic amines is 2. The lowest BCUT2D eigenvalue weighted by Crippen LogP contribution is -1.99. The first-order chi connectivity index (χ1) is 16.8. The van der Waals surface area contributed by atoms with Crippen molar-refractivity contribution in [3.05, 3.63) is 96.6 Å². The fourth-order valence-corrected chi connectivity index (χ4v) is 4.28. The summed E-state index contributed by atoms with van der Waals surface area (Å²) < 4.78 is 11.2. The van der Waals surface area contributed by atoms with Crippen LogP contribution in [0.2, 0.25) is 0 Å². The quantitative estimate of drug-likeness (QED) is 0.300. The van der Waals surface area contributed by atoms with E-state index in [1.165, 1.54) is 0 Å². The van der Waals surface area contributed by atoms with Gasteiger partial charge in [-0.15, -0.1) is 0 Å². The van der Waals surface area contributed by atoms with Crippen molar-refractivity contribution in [2.75, 3.05) is 14.2 Å². The van der Waals surface area contributed by atoms with Crippen LogP contribution < -0.4 is 0 Å². The molecule has 0 radical (unpaired) electrons. The Kier molecular flexibility index (Phi) is 6.33. The third-order valence-electron chi connectivity index (χ3n) is 5.98. The molecule has 2 N–H and O–H groups in total. The van der Waals surface area contributed by atoms with Gasteiger partial charge in [0.05, 0.1) is 25.6 Å². The highest BCUT2D eigenvalue weighted by atomic mass is 16.5. The van der Waals surface area contributed by atoms with E-state index in [0.717, 1.165) is 55.6 Å². The smallest absolute Gasteiger partial charge is 0.0719 e. The van der Waals surface area contributed by atoms with Crippen molar-refractivity contribution in [1.29, 1.82) is 0 Å². The van der Waals surface area contributed by atoms with E-state index in [2.05, 4.69) is 81.1 Å². The van der Waals surface area contributed by atoms with Crippen molar-refractivity contribution in [1.82, 2.24) is 20.4 Å². The number of benzene rings is 3. The molecule has 0 spiro atoms. The normalized spacial score (nSPS) is 11.1. The lowest BCUT2D eigenvalue weighted by atomic mass is 9.90. The van der Waals surface area contributed by atoms with Gasteiger partial charge < -0.3 is 9.47 Å². The summed E-state index contributed by atoms with van der Waals surface area (Å²) in [6.07, 6.45) is 7.45. The first-order valence-electron chi connectivity index (χ1n) is 11.1. The molecule has 0 saturated heterocycles. The number of nitrogens with one attached hydrogen (secondary N) is 2. The Bertz CT molecular complexity index is 1230. The highest BCUT2D eigenvalue weighted by Crippen LogP contribution is 2.35. The van der Waals surface area contributed by atoms with Gasteiger partial charge in [0.25, 0.3) is 0 Å². The number of rotatable bonds is 8. The van der Waals surface area contributed by atoms with E-state index in [4.69, 9.17) is 9.47 Å². The molecule has 0 amide bonds. The topological polar surface area (TPSA) is 75.8 Å². The highest BCUT2D eigenvalue weighted by molar-refractivity contribution is 5.79. The minimum atomic E-state index is 0.520. The zero-order valence-electron chi connectivity index (χ0n) is 19.2. The summed E-state index contributed by atoms with van der Waals surface area (Å²) in [6, 6.07) is 21.5. The van der Waals surface area contributed by atoms with Gasteiger partial charge >= 0.3 is 0 Å². The Labute approximate surface area is 198 Å². The molecular weight excluding hydrogens is 424 g/mol. The molecular formula is C28H26N4O2. The predicted molar refractivity (Wildman–Crippen MR) is 134 cm³/mol. The number of ether oxygens (including phenoxy) is 2. The van der Waals surface area contributed by atoms with Crippen molar-refractivity contribution in [2.45, 2.75) is 13.2 Å². The number of hydrogen-bond acceptors (Lipinski definition) is 4. The van der Waals surface area contributed by atoms with Gasteiger partial charge in [0.15, 0.2) is 0 Å². The second-order valence-corrected chi connectivity index (χ2v) is 8.16. The molecule has 5 rings (SSSR count). The summed E-state index contributed by atoms with van der Waals surface area (Å²) in [7, 11) is 3.46. The van der Waals surface area contributed by atoms with Crippen LogP contribution in [0.5, 0.6) is 0 Å². The molecule has 2 aromatic heterocycles. The molecule has 170 valence electrons. The Morgan fingerprint density at radius 2 is 0.941 bits per heavy atom. The number of nitrogens with zero attached hydrogens (tertiary/aromatic N) is 2. The van der Waals surface area contributed by atoms with Gasteiger partial charge in [0, 0.05) is 37.7 Å². The third kappa shape index (κ3) is 4.41. The Morgan fingerprint density at radius 3 is 1.26 bits per heavy atom. The molecule has 0 fully saturated rings. The van der Waals surface area contributed by atoms with E-state index < -0.39 is 0 Å². The van der Waals surface area contributed by atoms with E-state index in [1.54, 1.807) is 14.2 Å². The molecule has 0 aliphatic rings. The average molecular weight is 451 g/mol. The van der Waals surface area contributed by atoms with Crippen LogP contribution in [0.1, 0.15) is 11.1 Å². The highest BCUT2D eigenvalue weighted by Gasteiger charge is 2.14. The van der Waals surface area contributed by atoms with Crippen LogP contribution in [0.4, 0.5) is 0 Å². The minimum absolute atomic E-state index is 0.520. The Hall–Kier alpha value is -4.00. The maximum atomic E-state index is 5.58. The van der Waals surface area contributed by atoms with Gasteiger partial charge in [-0.3, -0.25) is 10.2 Å². The van der Waals surface area contributed by atoms with E-state index in [0.29, 0.717) is 13.2 Å². The fourth-order valence-electron chi connectivity index (χ4n) is 4.28. The fraction of sp³-hybridized carbons (Fsp3) is 0.143. The van der Waals surface area contributed by atoms with Gasteiger partial charge in [-0.05, 0) is 56.6 Å². The van der Waals surface area contributed by atoms with Crippen molar-refractivity contribution in [2.24, 2.45) is 0 Å². The predicted octanol–water partition coefficient (Wildman–Crippen LogP) is 6.09. The number of hydrogen-bond donors (Lipinski definition) is 2. The standard InChI is InChI=1S/C28H26N4O2/c1-33-17-23-11-28(22-9-5-20(6-10-22)26-15-31-32-16-26)24(18-34-2)12-27(23)21-7-3-19(4-8-21)25-13-29-30-14-25/h3-16H,17-18H2,1-2H3,(H,29,30)(H,31,32). The minimum Gasteiger partial charge on any atom is -0.380 e. The average Bonchev–Trinajstić information content (AvgIpc) is 3.60. The van der Waals surface area contributed by atoms with Gasteiger partial charge in [0.1, 0.15) is 0 Å². The summed E-state index contributed by atoms with van der Waals surface area (Å²) in [5.74, 6) is 0. The molecule has 0 atom stereocenters.